The Kier molecular flexibility index (Phi) is 7.24. The van der Waals surface area contributed by atoms with Gasteiger partial charge in [-0.05, 0) is 60.2 Å². The van der Waals surface area contributed by atoms with E-state index in [0.717, 1.165) is 40.1 Å². The number of hydrogen-bond donors (Lipinski definition) is 1. The predicted octanol–water partition coefficient (Wildman–Crippen LogP) is 6.04. The Bertz CT molecular complexity index is 1360. The molecule has 0 aromatic heterocycles. The van der Waals surface area contributed by atoms with Crippen LogP contribution in [-0.4, -0.2) is 33.0 Å². The molecule has 188 valence electrons. The molecule has 2 amide bonds. The van der Waals surface area contributed by atoms with E-state index in [0.29, 0.717) is 11.6 Å². The van der Waals surface area contributed by atoms with E-state index in [-0.39, 0.29) is 24.3 Å². The van der Waals surface area contributed by atoms with Gasteiger partial charge in [0.1, 0.15) is 5.25 Å². The molecule has 2 atom stereocenters. The summed E-state index contributed by atoms with van der Waals surface area (Å²) in [7, 11) is 0. The van der Waals surface area contributed by atoms with Gasteiger partial charge in [-0.2, -0.15) is 10.1 Å². The molecule has 0 saturated heterocycles. The molecule has 2 aliphatic heterocycles. The Labute approximate surface area is 221 Å². The number of anilines is 1. The highest BCUT2D eigenvalue weighted by Crippen LogP contribution is 2.38. The Hall–Kier alpha value is -3.71. The maximum Gasteiger partial charge on any atom is 0.262 e. The van der Waals surface area contributed by atoms with Crippen LogP contribution in [0.2, 0.25) is 0 Å². The molecule has 0 radical (unpaired) electrons. The highest BCUT2D eigenvalue weighted by molar-refractivity contribution is 8.15. The molecule has 7 heteroatoms. The highest BCUT2D eigenvalue weighted by atomic mass is 32.2. The number of amides is 2. The number of aliphatic imine (C=N–C) groups is 1. The second kappa shape index (κ2) is 10.7. The average Bonchev–Trinajstić information content (AvgIpc) is 3.48. The minimum atomic E-state index is -0.569. The van der Waals surface area contributed by atoms with E-state index >= 15 is 0 Å². The van der Waals surface area contributed by atoms with Gasteiger partial charge in [-0.25, -0.2) is 5.01 Å². The largest absolute Gasteiger partial charge is 0.326 e. The van der Waals surface area contributed by atoms with Crippen LogP contribution in [0.5, 0.6) is 0 Å². The fraction of sp³-hybridized carbons (Fsp3) is 0.267. The standard InChI is InChI=1S/C30H30N4O2S/c1-4-21-10-12-23(13-11-21)26-17-25(22-8-6-5-7-9-22)33-34(26)30-32-29(36)27(37-30)18-28(35)31-24-15-19(2)14-20(3)16-24/h5-16,26-27H,4,17-18H2,1-3H3,(H,31,35)/t26-,27-/m1/s1. The van der Waals surface area contributed by atoms with E-state index in [4.69, 9.17) is 5.10 Å². The third-order valence-electron chi connectivity index (χ3n) is 6.59. The van der Waals surface area contributed by atoms with Crippen molar-refractivity contribution in [2.24, 2.45) is 10.1 Å². The van der Waals surface area contributed by atoms with Crippen LogP contribution in [0.25, 0.3) is 0 Å². The number of hydrazone groups is 1. The number of carbonyl (C=O) groups excluding carboxylic acids is 2. The van der Waals surface area contributed by atoms with Crippen LogP contribution in [0.4, 0.5) is 5.69 Å². The smallest absolute Gasteiger partial charge is 0.262 e. The number of benzene rings is 3. The van der Waals surface area contributed by atoms with Crippen LogP contribution in [0, 0.1) is 13.8 Å². The van der Waals surface area contributed by atoms with E-state index < -0.39 is 5.25 Å². The van der Waals surface area contributed by atoms with Gasteiger partial charge in [-0.15, -0.1) is 0 Å². The fourth-order valence-corrected chi connectivity index (χ4v) is 5.82. The van der Waals surface area contributed by atoms with E-state index in [1.165, 1.54) is 17.3 Å². The molecule has 0 aliphatic carbocycles. The first-order valence-corrected chi connectivity index (χ1v) is 13.5. The highest BCUT2D eigenvalue weighted by Gasteiger charge is 2.39. The summed E-state index contributed by atoms with van der Waals surface area (Å²) in [6.07, 6.45) is 1.74. The van der Waals surface area contributed by atoms with E-state index in [2.05, 4.69) is 59.7 Å². The molecule has 0 saturated carbocycles. The van der Waals surface area contributed by atoms with E-state index in [1.807, 2.05) is 49.2 Å². The normalized spacial score (nSPS) is 19.1. The van der Waals surface area contributed by atoms with Crippen molar-refractivity contribution in [3.63, 3.8) is 0 Å². The van der Waals surface area contributed by atoms with Crippen LogP contribution < -0.4 is 5.32 Å². The first-order chi connectivity index (χ1) is 17.9. The number of hydrogen-bond acceptors (Lipinski definition) is 5. The average molecular weight is 511 g/mol. The van der Waals surface area contributed by atoms with Gasteiger partial charge in [0.05, 0.1) is 11.8 Å². The number of thioether (sulfide) groups is 1. The van der Waals surface area contributed by atoms with Crippen molar-refractivity contribution in [2.45, 2.75) is 51.3 Å². The summed E-state index contributed by atoms with van der Waals surface area (Å²) in [6, 6.07) is 24.5. The number of nitrogens with one attached hydrogen (secondary N) is 1. The Morgan fingerprint density at radius 1 is 1.03 bits per heavy atom. The topological polar surface area (TPSA) is 74.1 Å². The van der Waals surface area contributed by atoms with Crippen LogP contribution in [0.3, 0.4) is 0 Å². The van der Waals surface area contributed by atoms with Gasteiger partial charge in [0, 0.05) is 18.5 Å². The van der Waals surface area contributed by atoms with Gasteiger partial charge in [0.2, 0.25) is 5.91 Å². The summed E-state index contributed by atoms with van der Waals surface area (Å²) in [5.74, 6) is -0.493. The molecule has 37 heavy (non-hydrogen) atoms. The number of carbonyl (C=O) groups is 2. The third-order valence-corrected chi connectivity index (χ3v) is 7.73. The first-order valence-electron chi connectivity index (χ1n) is 12.6. The van der Waals surface area contributed by atoms with E-state index in [1.54, 1.807) is 0 Å². The molecule has 3 aromatic carbocycles. The number of nitrogens with zero attached hydrogens (tertiary/aromatic N) is 3. The summed E-state index contributed by atoms with van der Waals surface area (Å²) in [5.41, 5.74) is 7.30. The van der Waals surface area contributed by atoms with Crippen molar-refractivity contribution in [1.29, 1.82) is 0 Å². The van der Waals surface area contributed by atoms with Crippen molar-refractivity contribution < 1.29 is 9.59 Å². The lowest BCUT2D eigenvalue weighted by atomic mass is 9.97. The van der Waals surface area contributed by atoms with Gasteiger partial charge < -0.3 is 5.32 Å². The second-order valence-corrected chi connectivity index (χ2v) is 10.7. The Morgan fingerprint density at radius 3 is 2.41 bits per heavy atom. The zero-order valence-electron chi connectivity index (χ0n) is 21.3. The van der Waals surface area contributed by atoms with Crippen molar-refractivity contribution in [3.8, 4) is 0 Å². The van der Waals surface area contributed by atoms with Crippen molar-refractivity contribution in [1.82, 2.24) is 5.01 Å². The molecular formula is C30H30N4O2S. The van der Waals surface area contributed by atoms with Gasteiger partial charge in [-0.1, -0.05) is 79.3 Å². The molecule has 3 aromatic rings. The lowest BCUT2D eigenvalue weighted by Crippen LogP contribution is -2.25. The van der Waals surface area contributed by atoms with Gasteiger partial charge in [-0.3, -0.25) is 9.59 Å². The number of amidine groups is 1. The fourth-order valence-electron chi connectivity index (χ4n) is 4.76. The summed E-state index contributed by atoms with van der Waals surface area (Å²) in [4.78, 5) is 30.0. The molecule has 1 N–H and O–H groups in total. The lowest BCUT2D eigenvalue weighted by Gasteiger charge is -2.23. The number of rotatable bonds is 6. The van der Waals surface area contributed by atoms with Crippen LogP contribution in [-0.2, 0) is 16.0 Å². The van der Waals surface area contributed by atoms with Gasteiger partial charge in [0.15, 0.2) is 5.17 Å². The molecule has 2 heterocycles. The molecule has 5 rings (SSSR count). The molecule has 0 spiro atoms. The summed E-state index contributed by atoms with van der Waals surface area (Å²) in [5, 5.41) is 9.70. The molecule has 0 bridgehead atoms. The second-order valence-electron chi connectivity index (χ2n) is 9.54. The minimum Gasteiger partial charge on any atom is -0.326 e. The molecular weight excluding hydrogens is 480 g/mol. The third kappa shape index (κ3) is 5.67. The summed E-state index contributed by atoms with van der Waals surface area (Å²) in [6.45, 7) is 6.12. The van der Waals surface area contributed by atoms with Gasteiger partial charge in [0.25, 0.3) is 5.91 Å². The monoisotopic (exact) mass is 510 g/mol. The molecule has 6 nitrogen and oxygen atoms in total. The van der Waals surface area contributed by atoms with Crippen LogP contribution >= 0.6 is 11.8 Å². The Morgan fingerprint density at radius 2 is 1.73 bits per heavy atom. The Balaban J connectivity index is 1.34. The minimum absolute atomic E-state index is 0.0580. The van der Waals surface area contributed by atoms with Crippen molar-refractivity contribution >= 4 is 40.1 Å². The first kappa shape index (κ1) is 25.0. The quantitative estimate of drug-likeness (QED) is 0.439. The SMILES string of the molecule is CCc1ccc([C@H]2CC(c3ccccc3)=NN2C2=NC(=O)[C@@H](CC(=O)Nc3cc(C)cc(C)c3)S2)cc1. The lowest BCUT2D eigenvalue weighted by molar-refractivity contribution is -0.121. The van der Waals surface area contributed by atoms with Crippen LogP contribution in [0.1, 0.15) is 53.6 Å². The van der Waals surface area contributed by atoms with E-state index in [9.17, 15) is 9.59 Å². The predicted molar refractivity (Wildman–Crippen MR) is 151 cm³/mol. The maximum atomic E-state index is 12.9. The van der Waals surface area contributed by atoms with Crippen LogP contribution in [0.15, 0.2) is 82.9 Å². The number of aryl methyl sites for hydroxylation is 3. The zero-order chi connectivity index (χ0) is 25.9. The van der Waals surface area contributed by atoms with Crippen molar-refractivity contribution in [3.05, 3.63) is 101 Å². The molecule has 0 fully saturated rings. The maximum absolute atomic E-state index is 12.9. The van der Waals surface area contributed by atoms with Crippen molar-refractivity contribution in [2.75, 3.05) is 5.32 Å². The molecule has 0 unspecified atom stereocenters. The summed E-state index contributed by atoms with van der Waals surface area (Å²) < 4.78 is 0. The van der Waals surface area contributed by atoms with Gasteiger partial charge >= 0.3 is 0 Å². The molecule has 2 aliphatic rings. The summed E-state index contributed by atoms with van der Waals surface area (Å²) >= 11 is 1.32. The zero-order valence-corrected chi connectivity index (χ0v) is 22.1.